The van der Waals surface area contributed by atoms with Gasteiger partial charge in [-0.3, -0.25) is 0 Å². The van der Waals surface area contributed by atoms with Crippen LogP contribution < -0.4 is 5.32 Å². The van der Waals surface area contributed by atoms with Crippen molar-refractivity contribution in [1.29, 1.82) is 0 Å². The zero-order chi connectivity index (χ0) is 7.56. The van der Waals surface area contributed by atoms with Crippen LogP contribution in [0.2, 0.25) is 0 Å². The molecule has 1 heterocycles. The number of nitrogens with one attached hydrogen (secondary N) is 1. The third-order valence-electron chi connectivity index (χ3n) is 2.30. The van der Waals surface area contributed by atoms with Gasteiger partial charge in [0.05, 0.1) is 0 Å². The molecule has 1 saturated heterocycles. The van der Waals surface area contributed by atoms with Crippen molar-refractivity contribution in [3.8, 4) is 0 Å². The summed E-state index contributed by atoms with van der Waals surface area (Å²) < 4.78 is 0. The first kappa shape index (κ1) is 15.0. The maximum atomic E-state index is 3.33. The van der Waals surface area contributed by atoms with Crippen LogP contribution in [-0.2, 0) is 19.5 Å². The molecule has 0 aromatic carbocycles. The van der Waals surface area contributed by atoms with E-state index in [-0.39, 0.29) is 26.9 Å². The molecule has 1 aliphatic heterocycles. The van der Waals surface area contributed by atoms with Gasteiger partial charge in [-0.2, -0.15) is 0 Å². The topological polar surface area (TPSA) is 15.3 Å². The average Bonchev–Trinajstić information content (AvgIpc) is 1.95. The normalized spacial score (nSPS) is 30.2. The van der Waals surface area contributed by atoms with Gasteiger partial charge in [0.1, 0.15) is 0 Å². The Bertz CT molecular complexity index is 109. The van der Waals surface area contributed by atoms with Gasteiger partial charge < -0.3 is 17.6 Å². The van der Waals surface area contributed by atoms with E-state index in [1.54, 1.807) is 0 Å². The molecule has 0 radical (unpaired) electrons. The van der Waals surface area contributed by atoms with E-state index in [1.165, 1.54) is 6.54 Å². The maximum absolute atomic E-state index is 3.33. The molecule has 0 spiro atoms. The monoisotopic (exact) mass is 258 g/mol. The first-order valence-corrected chi connectivity index (χ1v) is 4.07. The first-order chi connectivity index (χ1) is 4.74. The SMILES string of the molecule is CCN1[CH-]NC(C)C(C)C1.[CH3-].[Ru+2]. The summed E-state index contributed by atoms with van der Waals surface area (Å²) in [5.74, 6) is 0.768. The fourth-order valence-corrected chi connectivity index (χ4v) is 1.19. The summed E-state index contributed by atoms with van der Waals surface area (Å²) in [5, 5.41) is 3.33. The molecule has 0 aromatic rings. The van der Waals surface area contributed by atoms with Crippen molar-refractivity contribution in [2.24, 2.45) is 5.92 Å². The summed E-state index contributed by atoms with van der Waals surface area (Å²) in [5.41, 5.74) is 0. The van der Waals surface area contributed by atoms with E-state index in [0.29, 0.717) is 6.04 Å². The van der Waals surface area contributed by atoms with Crippen LogP contribution in [0.15, 0.2) is 0 Å². The Morgan fingerprint density at radius 2 is 2.08 bits per heavy atom. The molecule has 1 aliphatic rings. The predicted molar refractivity (Wildman–Crippen MR) is 49.7 cm³/mol. The quantitative estimate of drug-likeness (QED) is 0.566. The summed E-state index contributed by atoms with van der Waals surface area (Å²) >= 11 is 0. The molecule has 2 nitrogen and oxygen atoms in total. The van der Waals surface area contributed by atoms with Crippen molar-refractivity contribution in [2.45, 2.75) is 26.8 Å². The fraction of sp³-hybridized carbons (Fsp3) is 0.778. The van der Waals surface area contributed by atoms with Gasteiger partial charge in [0.25, 0.3) is 0 Å². The van der Waals surface area contributed by atoms with Crippen LogP contribution in [0.25, 0.3) is 0 Å². The van der Waals surface area contributed by atoms with Crippen molar-refractivity contribution in [3.63, 3.8) is 0 Å². The van der Waals surface area contributed by atoms with Gasteiger partial charge in [-0.15, -0.1) is 0 Å². The van der Waals surface area contributed by atoms with Crippen LogP contribution in [0.3, 0.4) is 0 Å². The zero-order valence-corrected chi connectivity index (χ0v) is 10.2. The Labute approximate surface area is 89.9 Å². The zero-order valence-electron chi connectivity index (χ0n) is 8.45. The third-order valence-corrected chi connectivity index (χ3v) is 2.30. The third kappa shape index (κ3) is 3.97. The standard InChI is InChI=1S/C8H17N2.CH3.Ru/c1-4-10-5-7(2)8(3)9-6-10;;/h6-9H,4-5H2,1-3H3;1H3;/q2*-1;+2. The van der Waals surface area contributed by atoms with Crippen LogP contribution in [0.4, 0.5) is 0 Å². The van der Waals surface area contributed by atoms with Crippen molar-refractivity contribution in [2.75, 3.05) is 13.1 Å². The fourth-order valence-electron chi connectivity index (χ4n) is 1.19. The molecule has 1 rings (SSSR count). The van der Waals surface area contributed by atoms with Gasteiger partial charge in [0.15, 0.2) is 0 Å². The molecule has 74 valence electrons. The Morgan fingerprint density at radius 3 is 2.50 bits per heavy atom. The molecule has 2 unspecified atom stereocenters. The molecule has 0 aromatic heterocycles. The van der Waals surface area contributed by atoms with Crippen LogP contribution in [0.5, 0.6) is 0 Å². The van der Waals surface area contributed by atoms with E-state index in [1.807, 2.05) is 0 Å². The van der Waals surface area contributed by atoms with Crippen LogP contribution in [0.1, 0.15) is 20.8 Å². The molecular formula is C9H20N2Ru. The van der Waals surface area contributed by atoms with Gasteiger partial charge in [-0.25, -0.2) is 6.67 Å². The molecule has 2 atom stereocenters. The van der Waals surface area contributed by atoms with Crippen LogP contribution >= 0.6 is 0 Å². The largest absolute Gasteiger partial charge is 2.00 e. The minimum Gasteiger partial charge on any atom is -0.453 e. The van der Waals surface area contributed by atoms with E-state index in [9.17, 15) is 0 Å². The Balaban J connectivity index is 0. The summed E-state index contributed by atoms with van der Waals surface area (Å²) in [6, 6.07) is 0.641. The second-order valence-electron chi connectivity index (χ2n) is 3.15. The summed E-state index contributed by atoms with van der Waals surface area (Å²) in [7, 11) is 0. The van der Waals surface area contributed by atoms with Crippen LogP contribution in [-0.4, -0.2) is 24.0 Å². The molecule has 0 amide bonds. The molecule has 1 N–H and O–H groups in total. The predicted octanol–water partition coefficient (Wildman–Crippen LogP) is 1.50. The molecule has 3 heteroatoms. The number of hydrogen-bond donors (Lipinski definition) is 1. The summed E-state index contributed by atoms with van der Waals surface area (Å²) in [4.78, 5) is 2.31. The van der Waals surface area contributed by atoms with Gasteiger partial charge in [-0.1, -0.05) is 20.8 Å². The minimum atomic E-state index is 0. The van der Waals surface area contributed by atoms with Crippen molar-refractivity contribution in [1.82, 2.24) is 10.2 Å². The van der Waals surface area contributed by atoms with E-state index < -0.39 is 0 Å². The average molecular weight is 257 g/mol. The van der Waals surface area contributed by atoms with E-state index in [4.69, 9.17) is 0 Å². The van der Waals surface area contributed by atoms with Crippen molar-refractivity contribution >= 4 is 0 Å². The Hall–Kier alpha value is 0.543. The van der Waals surface area contributed by atoms with E-state index >= 15 is 0 Å². The molecular weight excluding hydrogens is 237 g/mol. The smallest absolute Gasteiger partial charge is 0.453 e. The molecule has 0 aliphatic carbocycles. The second-order valence-corrected chi connectivity index (χ2v) is 3.15. The number of rotatable bonds is 1. The number of nitrogens with zero attached hydrogens (tertiary/aromatic N) is 1. The number of hydrogen-bond acceptors (Lipinski definition) is 2. The minimum absolute atomic E-state index is 0. The van der Waals surface area contributed by atoms with Crippen molar-refractivity contribution < 1.29 is 19.5 Å². The first-order valence-electron chi connectivity index (χ1n) is 4.07. The van der Waals surface area contributed by atoms with Crippen molar-refractivity contribution in [3.05, 3.63) is 14.1 Å². The van der Waals surface area contributed by atoms with Gasteiger partial charge in [0.2, 0.25) is 0 Å². The van der Waals surface area contributed by atoms with Gasteiger partial charge in [0, 0.05) is 0 Å². The van der Waals surface area contributed by atoms with Crippen LogP contribution in [0, 0.1) is 20.0 Å². The molecule has 1 fully saturated rings. The maximum Gasteiger partial charge on any atom is 2.00 e. The second kappa shape index (κ2) is 7.00. The molecule has 0 saturated carbocycles. The Kier molecular flexibility index (Phi) is 8.77. The van der Waals surface area contributed by atoms with Gasteiger partial charge >= 0.3 is 19.5 Å². The van der Waals surface area contributed by atoms with Gasteiger partial charge in [-0.05, 0) is 25.0 Å². The molecule has 12 heavy (non-hydrogen) atoms. The molecule has 0 bridgehead atoms. The summed E-state index contributed by atoms with van der Waals surface area (Å²) in [6.45, 7) is 11.1. The summed E-state index contributed by atoms with van der Waals surface area (Å²) in [6.07, 6.45) is 0. The van der Waals surface area contributed by atoms with E-state index in [2.05, 4.69) is 37.7 Å². The Morgan fingerprint density at radius 1 is 1.50 bits per heavy atom. The van der Waals surface area contributed by atoms with E-state index in [0.717, 1.165) is 12.5 Å².